The van der Waals surface area contributed by atoms with Crippen LogP contribution >= 0.6 is 22.7 Å². The van der Waals surface area contributed by atoms with Crippen molar-refractivity contribution >= 4 is 28.6 Å². The van der Waals surface area contributed by atoms with Crippen molar-refractivity contribution in [2.45, 2.75) is 26.4 Å². The predicted octanol–water partition coefficient (Wildman–Crippen LogP) is 3.90. The van der Waals surface area contributed by atoms with Crippen LogP contribution in [0.3, 0.4) is 0 Å². The third-order valence-electron chi connectivity index (χ3n) is 3.03. The minimum Gasteiger partial charge on any atom is -0.454 e. The number of hydrogen-bond donors (Lipinski definition) is 1. The van der Waals surface area contributed by atoms with E-state index in [9.17, 15) is 4.79 Å². The molecular weight excluding hydrogens is 318 g/mol. The summed E-state index contributed by atoms with van der Waals surface area (Å²) in [4.78, 5) is 16.4. The van der Waals surface area contributed by atoms with Gasteiger partial charge in [0.15, 0.2) is 5.69 Å². The van der Waals surface area contributed by atoms with Crippen molar-refractivity contribution in [3.8, 4) is 10.6 Å². The van der Waals surface area contributed by atoms with Gasteiger partial charge in [-0.05, 0) is 23.9 Å². The Morgan fingerprint density at radius 2 is 2.32 bits per heavy atom. The van der Waals surface area contributed by atoms with E-state index in [-0.39, 0.29) is 6.61 Å². The number of nitrogens with one attached hydrogen (secondary N) is 1. The van der Waals surface area contributed by atoms with Crippen LogP contribution in [-0.2, 0) is 17.8 Å². The van der Waals surface area contributed by atoms with E-state index >= 15 is 0 Å². The summed E-state index contributed by atoms with van der Waals surface area (Å²) in [6, 6.07) is 3.77. The number of carbonyl (C=O) groups is 1. The van der Waals surface area contributed by atoms with Crippen LogP contribution in [0.1, 0.15) is 35.2 Å². The highest BCUT2D eigenvalue weighted by Gasteiger charge is 2.13. The van der Waals surface area contributed by atoms with Crippen LogP contribution in [0, 0.1) is 0 Å². The highest BCUT2D eigenvalue weighted by atomic mass is 32.1. The van der Waals surface area contributed by atoms with E-state index < -0.39 is 5.97 Å². The number of ether oxygens (including phenoxy) is 1. The van der Waals surface area contributed by atoms with E-state index in [2.05, 4.69) is 22.1 Å². The number of esters is 1. The summed E-state index contributed by atoms with van der Waals surface area (Å²) >= 11 is 3.18. The molecule has 0 spiro atoms. The SMILES string of the molecule is CCCc1cc(C(=O)OCc2csc(-c3ccsc3)n2)n[nH]1. The number of hydrogen-bond acceptors (Lipinski definition) is 6. The molecule has 3 rings (SSSR count). The second-order valence-electron chi connectivity index (χ2n) is 4.76. The number of aryl methyl sites for hydroxylation is 1. The third kappa shape index (κ3) is 3.42. The Bertz CT molecular complexity index is 747. The lowest BCUT2D eigenvalue weighted by atomic mass is 10.2. The van der Waals surface area contributed by atoms with Gasteiger partial charge in [0, 0.05) is 22.0 Å². The first-order valence-electron chi connectivity index (χ1n) is 6.94. The van der Waals surface area contributed by atoms with Crippen LogP contribution in [0.25, 0.3) is 10.6 Å². The van der Waals surface area contributed by atoms with Gasteiger partial charge in [-0.15, -0.1) is 11.3 Å². The maximum absolute atomic E-state index is 11.9. The lowest BCUT2D eigenvalue weighted by Gasteiger charge is -1.99. The van der Waals surface area contributed by atoms with Gasteiger partial charge < -0.3 is 4.74 Å². The zero-order valence-electron chi connectivity index (χ0n) is 12.0. The van der Waals surface area contributed by atoms with Crippen molar-refractivity contribution in [3.63, 3.8) is 0 Å². The highest BCUT2D eigenvalue weighted by molar-refractivity contribution is 7.14. The molecule has 0 aliphatic carbocycles. The summed E-state index contributed by atoms with van der Waals surface area (Å²) in [5, 5.41) is 13.7. The summed E-state index contributed by atoms with van der Waals surface area (Å²) in [5.41, 5.74) is 3.12. The van der Waals surface area contributed by atoms with Crippen LogP contribution in [0.2, 0.25) is 0 Å². The molecule has 114 valence electrons. The Kier molecular flexibility index (Phi) is 4.65. The van der Waals surface area contributed by atoms with Crippen molar-refractivity contribution < 1.29 is 9.53 Å². The molecule has 0 aliphatic heterocycles. The molecule has 3 aromatic heterocycles. The standard InChI is InChI=1S/C15H15N3O2S2/c1-2-3-11-6-13(18-17-11)15(19)20-7-12-9-22-14(16-12)10-4-5-21-8-10/h4-6,8-9H,2-3,7H2,1H3,(H,17,18). The Morgan fingerprint density at radius 1 is 1.41 bits per heavy atom. The average Bonchev–Trinajstić information content (AvgIpc) is 3.25. The molecule has 7 heteroatoms. The molecule has 3 aromatic rings. The molecular formula is C15H15N3O2S2. The maximum atomic E-state index is 11.9. The minimum absolute atomic E-state index is 0.162. The lowest BCUT2D eigenvalue weighted by Crippen LogP contribution is -2.05. The Morgan fingerprint density at radius 3 is 3.09 bits per heavy atom. The fraction of sp³-hybridized carbons (Fsp3) is 0.267. The number of thiazole rings is 1. The van der Waals surface area contributed by atoms with Gasteiger partial charge >= 0.3 is 5.97 Å². The third-order valence-corrected chi connectivity index (χ3v) is 4.65. The lowest BCUT2D eigenvalue weighted by molar-refractivity contribution is 0.0461. The van der Waals surface area contributed by atoms with Crippen LogP contribution in [0.5, 0.6) is 0 Å². The first kappa shape index (κ1) is 14.9. The van der Waals surface area contributed by atoms with Crippen LogP contribution < -0.4 is 0 Å². The molecule has 0 unspecified atom stereocenters. The number of aromatic nitrogens is 3. The molecule has 0 amide bonds. The van der Waals surface area contributed by atoms with Gasteiger partial charge in [-0.1, -0.05) is 13.3 Å². The molecule has 0 saturated carbocycles. The molecule has 0 aliphatic rings. The molecule has 0 radical (unpaired) electrons. The summed E-state index contributed by atoms with van der Waals surface area (Å²) in [6.45, 7) is 2.24. The number of carbonyl (C=O) groups excluding carboxylic acids is 1. The summed E-state index contributed by atoms with van der Waals surface area (Å²) < 4.78 is 5.26. The van der Waals surface area contributed by atoms with Crippen LogP contribution in [0.4, 0.5) is 0 Å². The quantitative estimate of drug-likeness (QED) is 0.695. The Labute approximate surface area is 136 Å². The fourth-order valence-electron chi connectivity index (χ4n) is 1.97. The van der Waals surface area contributed by atoms with Gasteiger partial charge in [0.25, 0.3) is 0 Å². The van der Waals surface area contributed by atoms with E-state index in [4.69, 9.17) is 4.74 Å². The second-order valence-corrected chi connectivity index (χ2v) is 6.40. The monoisotopic (exact) mass is 333 g/mol. The van der Waals surface area contributed by atoms with Crippen LogP contribution in [-0.4, -0.2) is 21.2 Å². The smallest absolute Gasteiger partial charge is 0.359 e. The number of nitrogens with zero attached hydrogens (tertiary/aromatic N) is 2. The van der Waals surface area contributed by atoms with Crippen molar-refractivity contribution in [1.82, 2.24) is 15.2 Å². The van der Waals surface area contributed by atoms with Gasteiger partial charge in [-0.25, -0.2) is 9.78 Å². The zero-order chi connectivity index (χ0) is 15.4. The molecule has 0 atom stereocenters. The molecule has 0 saturated heterocycles. The van der Waals surface area contributed by atoms with Gasteiger partial charge in [-0.2, -0.15) is 16.4 Å². The fourth-order valence-corrected chi connectivity index (χ4v) is 3.49. The largest absolute Gasteiger partial charge is 0.454 e. The van der Waals surface area contributed by atoms with Crippen molar-refractivity contribution in [3.05, 3.63) is 45.4 Å². The number of H-pyrrole nitrogens is 1. The Hall–Kier alpha value is -1.99. The van der Waals surface area contributed by atoms with E-state index in [1.807, 2.05) is 22.2 Å². The van der Waals surface area contributed by atoms with Crippen molar-refractivity contribution in [2.75, 3.05) is 0 Å². The Balaban J connectivity index is 1.58. The topological polar surface area (TPSA) is 67.9 Å². The first-order chi connectivity index (χ1) is 10.8. The van der Waals surface area contributed by atoms with E-state index in [1.54, 1.807) is 28.7 Å². The van der Waals surface area contributed by atoms with E-state index in [0.29, 0.717) is 5.69 Å². The molecule has 0 bridgehead atoms. The van der Waals surface area contributed by atoms with Crippen molar-refractivity contribution in [2.24, 2.45) is 0 Å². The van der Waals surface area contributed by atoms with Gasteiger partial charge in [0.05, 0.1) is 5.69 Å². The van der Waals surface area contributed by atoms with Crippen LogP contribution in [0.15, 0.2) is 28.3 Å². The van der Waals surface area contributed by atoms with Crippen molar-refractivity contribution in [1.29, 1.82) is 0 Å². The van der Waals surface area contributed by atoms with E-state index in [1.165, 1.54) is 0 Å². The molecule has 5 nitrogen and oxygen atoms in total. The van der Waals surface area contributed by atoms with Gasteiger partial charge in [0.1, 0.15) is 11.6 Å². The number of thiophene rings is 1. The van der Waals surface area contributed by atoms with Gasteiger partial charge in [0.2, 0.25) is 0 Å². The zero-order valence-corrected chi connectivity index (χ0v) is 13.7. The highest BCUT2D eigenvalue weighted by Crippen LogP contribution is 2.25. The average molecular weight is 333 g/mol. The maximum Gasteiger partial charge on any atom is 0.359 e. The first-order valence-corrected chi connectivity index (χ1v) is 8.77. The summed E-state index contributed by atoms with van der Waals surface area (Å²) in [5.74, 6) is -0.427. The number of rotatable bonds is 6. The molecule has 0 fully saturated rings. The second kappa shape index (κ2) is 6.85. The number of aromatic amines is 1. The summed E-state index contributed by atoms with van der Waals surface area (Å²) in [6.07, 6.45) is 1.87. The molecule has 22 heavy (non-hydrogen) atoms. The predicted molar refractivity (Wildman–Crippen MR) is 87.1 cm³/mol. The van der Waals surface area contributed by atoms with E-state index in [0.717, 1.165) is 34.8 Å². The van der Waals surface area contributed by atoms with Gasteiger partial charge in [-0.3, -0.25) is 5.10 Å². The molecule has 1 N–H and O–H groups in total. The molecule has 3 heterocycles. The summed E-state index contributed by atoms with van der Waals surface area (Å²) in [7, 11) is 0. The minimum atomic E-state index is -0.427. The normalized spacial score (nSPS) is 10.8. The molecule has 0 aromatic carbocycles.